The Bertz CT molecular complexity index is 1410. The smallest absolute Gasteiger partial charge is 0.326 e. The number of methoxy groups -OCH3 is 2. The summed E-state index contributed by atoms with van der Waals surface area (Å²) in [5, 5.41) is 5.91. The molecule has 0 saturated heterocycles. The van der Waals surface area contributed by atoms with Crippen LogP contribution < -0.4 is 20.3 Å². The van der Waals surface area contributed by atoms with Gasteiger partial charge in [-0.3, -0.25) is 9.55 Å². The van der Waals surface area contributed by atoms with Crippen LogP contribution in [0.5, 0.6) is 11.5 Å². The molecule has 0 spiro atoms. The summed E-state index contributed by atoms with van der Waals surface area (Å²) in [5.41, 5.74) is 2.08. The number of sulfonamides is 1. The number of aromatic amines is 1. The molecule has 4 aromatic rings. The van der Waals surface area contributed by atoms with E-state index in [1.165, 1.54) is 30.9 Å². The number of hydrogen-bond acceptors (Lipinski definition) is 6. The van der Waals surface area contributed by atoms with E-state index in [0.29, 0.717) is 39.0 Å². The van der Waals surface area contributed by atoms with Crippen molar-refractivity contribution in [2.75, 3.05) is 14.2 Å². The lowest BCUT2D eigenvalue weighted by Crippen LogP contribution is -2.18. The number of hydrogen-bond donors (Lipinski definition) is 2. The minimum absolute atomic E-state index is 0.0131. The summed E-state index contributed by atoms with van der Waals surface area (Å²) in [6, 6.07) is 9.67. The normalized spacial score (nSPS) is 11.8. The fourth-order valence-electron chi connectivity index (χ4n) is 3.33. The van der Waals surface area contributed by atoms with Crippen LogP contribution in [0.25, 0.3) is 21.9 Å². The number of pyridine rings is 1. The molecule has 0 aliphatic heterocycles. The van der Waals surface area contributed by atoms with Crippen molar-refractivity contribution < 1.29 is 17.9 Å². The van der Waals surface area contributed by atoms with E-state index in [1.807, 2.05) is 0 Å². The zero-order valence-corrected chi connectivity index (χ0v) is 16.5. The Morgan fingerprint density at radius 2 is 1.86 bits per heavy atom. The van der Waals surface area contributed by atoms with Crippen LogP contribution in [0.2, 0.25) is 0 Å². The van der Waals surface area contributed by atoms with Crippen LogP contribution in [-0.4, -0.2) is 37.2 Å². The van der Waals surface area contributed by atoms with Crippen LogP contribution in [0.1, 0.15) is 5.56 Å². The summed E-state index contributed by atoms with van der Waals surface area (Å²) in [6.07, 6.45) is 1.57. The number of benzene rings is 2. The molecule has 0 bridgehead atoms. The Balaban J connectivity index is 1.94. The molecule has 0 radical (unpaired) electrons. The van der Waals surface area contributed by atoms with Gasteiger partial charge in [-0.05, 0) is 23.8 Å². The van der Waals surface area contributed by atoms with Crippen LogP contribution in [0.3, 0.4) is 0 Å². The van der Waals surface area contributed by atoms with Crippen molar-refractivity contribution in [3.8, 4) is 11.5 Å². The molecule has 150 valence electrons. The van der Waals surface area contributed by atoms with Crippen molar-refractivity contribution in [1.29, 1.82) is 0 Å². The zero-order valence-electron chi connectivity index (χ0n) is 15.7. The van der Waals surface area contributed by atoms with Crippen LogP contribution >= 0.6 is 0 Å². The van der Waals surface area contributed by atoms with Crippen molar-refractivity contribution in [2.24, 2.45) is 5.14 Å². The summed E-state index contributed by atoms with van der Waals surface area (Å²) in [4.78, 5) is 19.8. The molecule has 2 aromatic heterocycles. The van der Waals surface area contributed by atoms with Gasteiger partial charge in [0.05, 0.1) is 48.4 Å². The third-order valence-corrected chi connectivity index (χ3v) is 5.58. The number of rotatable bonds is 5. The number of fused-ring (bicyclic) bond motifs is 3. The first-order valence-corrected chi connectivity index (χ1v) is 10.1. The number of nitrogens with one attached hydrogen (secondary N) is 1. The number of nitrogens with two attached hydrogens (primary N) is 1. The second-order valence-electron chi connectivity index (χ2n) is 6.45. The topological polar surface area (TPSA) is 129 Å². The van der Waals surface area contributed by atoms with E-state index >= 15 is 0 Å². The molecular formula is C19H18N4O5S. The fraction of sp³-hybridized carbons (Fsp3) is 0.158. The first-order chi connectivity index (χ1) is 13.8. The van der Waals surface area contributed by atoms with Crippen molar-refractivity contribution in [2.45, 2.75) is 11.4 Å². The second kappa shape index (κ2) is 6.90. The highest BCUT2D eigenvalue weighted by Gasteiger charge is 2.16. The van der Waals surface area contributed by atoms with Crippen molar-refractivity contribution in [3.63, 3.8) is 0 Å². The Kier molecular flexibility index (Phi) is 4.52. The van der Waals surface area contributed by atoms with Crippen LogP contribution in [0, 0.1) is 0 Å². The van der Waals surface area contributed by atoms with Gasteiger partial charge in [-0.25, -0.2) is 18.4 Å². The van der Waals surface area contributed by atoms with Crippen LogP contribution in [-0.2, 0) is 16.6 Å². The molecule has 29 heavy (non-hydrogen) atoms. The molecule has 3 N–H and O–H groups in total. The van der Waals surface area contributed by atoms with E-state index < -0.39 is 10.0 Å². The average Bonchev–Trinajstić information content (AvgIpc) is 3.02. The van der Waals surface area contributed by atoms with Crippen LogP contribution in [0.15, 0.2) is 52.3 Å². The molecule has 0 fully saturated rings. The summed E-state index contributed by atoms with van der Waals surface area (Å²) >= 11 is 0. The Morgan fingerprint density at radius 1 is 1.14 bits per heavy atom. The van der Waals surface area contributed by atoms with E-state index in [2.05, 4.69) is 9.97 Å². The lowest BCUT2D eigenvalue weighted by atomic mass is 10.1. The van der Waals surface area contributed by atoms with Crippen molar-refractivity contribution in [3.05, 3.63) is 58.6 Å². The zero-order chi connectivity index (χ0) is 20.8. The molecule has 0 atom stereocenters. The van der Waals surface area contributed by atoms with E-state index in [-0.39, 0.29) is 17.1 Å². The van der Waals surface area contributed by atoms with E-state index in [0.717, 1.165) is 0 Å². The Labute approximate surface area is 165 Å². The lowest BCUT2D eigenvalue weighted by Gasteiger charge is -2.11. The van der Waals surface area contributed by atoms with Crippen LogP contribution in [0.4, 0.5) is 0 Å². The predicted molar refractivity (Wildman–Crippen MR) is 108 cm³/mol. The molecule has 0 unspecified atom stereocenters. The number of aromatic nitrogens is 3. The van der Waals surface area contributed by atoms with Gasteiger partial charge < -0.3 is 14.5 Å². The Morgan fingerprint density at radius 3 is 2.55 bits per heavy atom. The first-order valence-electron chi connectivity index (χ1n) is 8.57. The van der Waals surface area contributed by atoms with Gasteiger partial charge >= 0.3 is 5.69 Å². The number of ether oxygens (including phenoxy) is 2. The molecule has 0 aliphatic carbocycles. The number of nitrogens with zero attached hydrogens (tertiary/aromatic N) is 2. The molecule has 4 rings (SSSR count). The van der Waals surface area contributed by atoms with Gasteiger partial charge in [0, 0.05) is 11.5 Å². The van der Waals surface area contributed by atoms with Gasteiger partial charge in [-0.1, -0.05) is 12.1 Å². The third kappa shape index (κ3) is 3.32. The predicted octanol–water partition coefficient (Wildman–Crippen LogP) is 1.59. The monoisotopic (exact) mass is 414 g/mol. The van der Waals surface area contributed by atoms with E-state index in [4.69, 9.17) is 14.6 Å². The standard InChI is InChI=1S/C19H18N4O5S/c1-27-16-7-13-14(8-17(16)28-2)21-9-15-18(13)23(19(24)22-15)10-11-4-3-5-12(6-11)29(20,25)26/h3-9H,10H2,1-2H3,(H,22,24)(H2,20,25,26). The highest BCUT2D eigenvalue weighted by Crippen LogP contribution is 2.34. The molecule has 9 nitrogen and oxygen atoms in total. The maximum absolute atomic E-state index is 12.6. The maximum atomic E-state index is 12.6. The summed E-state index contributed by atoms with van der Waals surface area (Å²) in [5.74, 6) is 1.03. The fourth-order valence-corrected chi connectivity index (χ4v) is 3.91. The Hall–Kier alpha value is -3.37. The summed E-state index contributed by atoms with van der Waals surface area (Å²) in [6.45, 7) is 0.148. The highest BCUT2D eigenvalue weighted by molar-refractivity contribution is 7.89. The molecule has 10 heteroatoms. The highest BCUT2D eigenvalue weighted by atomic mass is 32.2. The molecule has 2 heterocycles. The number of imidazole rings is 1. The maximum Gasteiger partial charge on any atom is 0.326 e. The van der Waals surface area contributed by atoms with Gasteiger partial charge in [-0.15, -0.1) is 0 Å². The molecule has 0 amide bonds. The molecule has 0 saturated carbocycles. The van der Waals surface area contributed by atoms with Crippen molar-refractivity contribution >= 4 is 32.0 Å². The molecule has 2 aromatic carbocycles. The third-order valence-electron chi connectivity index (χ3n) is 4.67. The van der Waals surface area contributed by atoms with Gasteiger partial charge in [0.2, 0.25) is 10.0 Å². The van der Waals surface area contributed by atoms with E-state index in [1.54, 1.807) is 30.5 Å². The summed E-state index contributed by atoms with van der Waals surface area (Å²) < 4.78 is 35.5. The minimum atomic E-state index is -3.84. The lowest BCUT2D eigenvalue weighted by molar-refractivity contribution is 0.356. The van der Waals surface area contributed by atoms with Gasteiger partial charge in [0.25, 0.3) is 0 Å². The van der Waals surface area contributed by atoms with Gasteiger partial charge in [0.15, 0.2) is 11.5 Å². The SMILES string of the molecule is COc1cc2ncc3[nH]c(=O)n(Cc4cccc(S(N)(=O)=O)c4)c3c2cc1OC. The average molecular weight is 414 g/mol. The van der Waals surface area contributed by atoms with Gasteiger partial charge in [-0.2, -0.15) is 0 Å². The quantitative estimate of drug-likeness (QED) is 0.510. The largest absolute Gasteiger partial charge is 0.493 e. The van der Waals surface area contributed by atoms with Gasteiger partial charge in [0.1, 0.15) is 0 Å². The molecular weight excluding hydrogens is 396 g/mol. The first kappa shape index (κ1) is 19.0. The molecule has 0 aliphatic rings. The number of H-pyrrole nitrogens is 1. The number of primary sulfonamides is 1. The summed E-state index contributed by atoms with van der Waals surface area (Å²) in [7, 11) is -0.781. The minimum Gasteiger partial charge on any atom is -0.493 e. The van der Waals surface area contributed by atoms with E-state index in [9.17, 15) is 13.2 Å². The van der Waals surface area contributed by atoms with Crippen molar-refractivity contribution in [1.82, 2.24) is 14.5 Å². The second-order valence-corrected chi connectivity index (χ2v) is 8.01.